The van der Waals surface area contributed by atoms with E-state index in [2.05, 4.69) is 0 Å². The van der Waals surface area contributed by atoms with Crippen molar-refractivity contribution in [3.63, 3.8) is 0 Å². The Labute approximate surface area is 114 Å². The first kappa shape index (κ1) is 13.5. The summed E-state index contributed by atoms with van der Waals surface area (Å²) in [5, 5.41) is 0. The highest BCUT2D eigenvalue weighted by atomic mass is 16.1. The number of hydrogen-bond acceptors (Lipinski definition) is 2. The molecule has 2 nitrogen and oxygen atoms in total. The van der Waals surface area contributed by atoms with Crippen LogP contribution in [0, 0.1) is 13.8 Å². The number of nitrogens with two attached hydrogens (primary N) is 1. The Kier molecular flexibility index (Phi) is 4.13. The van der Waals surface area contributed by atoms with Crippen molar-refractivity contribution < 1.29 is 4.79 Å². The summed E-state index contributed by atoms with van der Waals surface area (Å²) in [7, 11) is 0. The lowest BCUT2D eigenvalue weighted by Gasteiger charge is -2.13. The number of benzene rings is 2. The SMILES string of the molecule is Cc1ccc(C)c(C(=O)C(N)Cc2ccccc2)c1. The van der Waals surface area contributed by atoms with Crippen LogP contribution in [0.2, 0.25) is 0 Å². The standard InChI is InChI=1S/C17H19NO/c1-12-8-9-13(2)15(10-12)17(19)16(18)11-14-6-4-3-5-7-14/h3-10,16H,11,18H2,1-2H3. The molecule has 0 aliphatic carbocycles. The lowest BCUT2D eigenvalue weighted by molar-refractivity contribution is 0.0960. The van der Waals surface area contributed by atoms with Gasteiger partial charge in [0.1, 0.15) is 0 Å². The zero-order valence-electron chi connectivity index (χ0n) is 11.4. The summed E-state index contributed by atoms with van der Waals surface area (Å²) in [6.07, 6.45) is 0.576. The van der Waals surface area contributed by atoms with Crippen LogP contribution in [0.3, 0.4) is 0 Å². The minimum Gasteiger partial charge on any atom is -0.321 e. The molecule has 2 aromatic carbocycles. The van der Waals surface area contributed by atoms with Gasteiger partial charge in [-0.1, -0.05) is 48.0 Å². The summed E-state index contributed by atoms with van der Waals surface area (Å²) < 4.78 is 0. The van der Waals surface area contributed by atoms with Crippen molar-refractivity contribution >= 4 is 5.78 Å². The summed E-state index contributed by atoms with van der Waals surface area (Å²) in [5.74, 6) is 0.0186. The molecule has 0 aromatic heterocycles. The molecule has 0 aliphatic heterocycles. The van der Waals surface area contributed by atoms with Gasteiger partial charge in [0.25, 0.3) is 0 Å². The monoisotopic (exact) mass is 253 g/mol. The maximum atomic E-state index is 12.4. The highest BCUT2D eigenvalue weighted by Crippen LogP contribution is 2.14. The third-order valence-electron chi connectivity index (χ3n) is 3.29. The maximum absolute atomic E-state index is 12.4. The molecule has 19 heavy (non-hydrogen) atoms. The summed E-state index contributed by atoms with van der Waals surface area (Å²) in [6.45, 7) is 3.93. The van der Waals surface area contributed by atoms with E-state index in [1.54, 1.807) is 0 Å². The van der Waals surface area contributed by atoms with Crippen molar-refractivity contribution in [1.29, 1.82) is 0 Å². The number of rotatable bonds is 4. The summed E-state index contributed by atoms with van der Waals surface area (Å²) in [5.41, 5.74) is 9.95. The smallest absolute Gasteiger partial charge is 0.180 e. The number of hydrogen-bond donors (Lipinski definition) is 1. The van der Waals surface area contributed by atoms with E-state index >= 15 is 0 Å². The van der Waals surface area contributed by atoms with Crippen molar-refractivity contribution in [2.45, 2.75) is 26.3 Å². The Balaban J connectivity index is 2.17. The topological polar surface area (TPSA) is 43.1 Å². The van der Waals surface area contributed by atoms with Gasteiger partial charge in [-0.05, 0) is 37.5 Å². The van der Waals surface area contributed by atoms with Crippen LogP contribution < -0.4 is 5.73 Å². The van der Waals surface area contributed by atoms with Crippen LogP contribution in [0.15, 0.2) is 48.5 Å². The number of carbonyl (C=O) groups is 1. The molecule has 0 spiro atoms. The molecule has 1 atom stereocenters. The molecule has 2 heteroatoms. The fourth-order valence-electron chi connectivity index (χ4n) is 2.16. The molecule has 0 amide bonds. The predicted octanol–water partition coefficient (Wildman–Crippen LogP) is 3.06. The minimum atomic E-state index is -0.483. The molecular weight excluding hydrogens is 234 g/mol. The van der Waals surface area contributed by atoms with E-state index in [1.165, 1.54) is 0 Å². The number of ketones is 1. The molecule has 0 heterocycles. The summed E-state index contributed by atoms with van der Waals surface area (Å²) in [4.78, 5) is 12.4. The fraction of sp³-hybridized carbons (Fsp3) is 0.235. The van der Waals surface area contributed by atoms with Crippen LogP contribution in [-0.2, 0) is 6.42 Å². The third-order valence-corrected chi connectivity index (χ3v) is 3.29. The quantitative estimate of drug-likeness (QED) is 0.851. The van der Waals surface area contributed by atoms with Crippen LogP contribution in [0.1, 0.15) is 27.0 Å². The zero-order valence-corrected chi connectivity index (χ0v) is 11.4. The Hall–Kier alpha value is -1.93. The molecule has 0 saturated heterocycles. The van der Waals surface area contributed by atoms with Gasteiger partial charge >= 0.3 is 0 Å². The van der Waals surface area contributed by atoms with Crippen LogP contribution in [0.4, 0.5) is 0 Å². The fourth-order valence-corrected chi connectivity index (χ4v) is 2.16. The van der Waals surface area contributed by atoms with Crippen LogP contribution in [0.5, 0.6) is 0 Å². The number of Topliss-reactive ketones (excluding diaryl/α,β-unsaturated/α-hetero) is 1. The Morgan fingerprint density at radius 2 is 1.79 bits per heavy atom. The number of aryl methyl sites for hydroxylation is 2. The van der Waals surface area contributed by atoms with E-state index < -0.39 is 6.04 Å². The van der Waals surface area contributed by atoms with E-state index in [0.717, 1.165) is 22.3 Å². The number of carbonyl (C=O) groups excluding carboxylic acids is 1. The van der Waals surface area contributed by atoms with Gasteiger partial charge in [-0.15, -0.1) is 0 Å². The second kappa shape index (κ2) is 5.81. The van der Waals surface area contributed by atoms with E-state index in [-0.39, 0.29) is 5.78 Å². The van der Waals surface area contributed by atoms with E-state index in [0.29, 0.717) is 6.42 Å². The van der Waals surface area contributed by atoms with Crippen LogP contribution >= 0.6 is 0 Å². The highest BCUT2D eigenvalue weighted by Gasteiger charge is 2.18. The van der Waals surface area contributed by atoms with E-state index in [4.69, 9.17) is 5.73 Å². The van der Waals surface area contributed by atoms with Gasteiger partial charge in [0, 0.05) is 5.56 Å². The van der Waals surface area contributed by atoms with Gasteiger partial charge in [0.15, 0.2) is 5.78 Å². The maximum Gasteiger partial charge on any atom is 0.180 e. The molecule has 1 unspecified atom stereocenters. The van der Waals surface area contributed by atoms with Gasteiger partial charge in [-0.2, -0.15) is 0 Å². The van der Waals surface area contributed by atoms with E-state index in [1.807, 2.05) is 62.4 Å². The highest BCUT2D eigenvalue weighted by molar-refractivity contribution is 6.01. The van der Waals surface area contributed by atoms with Gasteiger partial charge in [-0.25, -0.2) is 0 Å². The molecular formula is C17H19NO. The molecule has 98 valence electrons. The first-order valence-corrected chi connectivity index (χ1v) is 6.49. The van der Waals surface area contributed by atoms with E-state index in [9.17, 15) is 4.79 Å². The summed E-state index contributed by atoms with van der Waals surface area (Å²) >= 11 is 0. The van der Waals surface area contributed by atoms with Gasteiger partial charge in [0.2, 0.25) is 0 Å². The zero-order chi connectivity index (χ0) is 13.8. The molecule has 2 N–H and O–H groups in total. The van der Waals surface area contributed by atoms with Gasteiger partial charge < -0.3 is 5.73 Å². The van der Waals surface area contributed by atoms with Crippen molar-refractivity contribution in [2.24, 2.45) is 5.73 Å². The Bertz CT molecular complexity index is 575. The average molecular weight is 253 g/mol. The van der Waals surface area contributed by atoms with Crippen molar-refractivity contribution in [1.82, 2.24) is 0 Å². The lowest BCUT2D eigenvalue weighted by Crippen LogP contribution is -2.33. The molecule has 0 saturated carbocycles. The Morgan fingerprint density at radius 1 is 1.11 bits per heavy atom. The van der Waals surface area contributed by atoms with Gasteiger partial charge in [-0.3, -0.25) is 4.79 Å². The van der Waals surface area contributed by atoms with Crippen LogP contribution in [-0.4, -0.2) is 11.8 Å². The van der Waals surface area contributed by atoms with Crippen molar-refractivity contribution in [3.8, 4) is 0 Å². The first-order valence-electron chi connectivity index (χ1n) is 6.49. The minimum absolute atomic E-state index is 0.0186. The molecule has 0 radical (unpaired) electrons. The van der Waals surface area contributed by atoms with Crippen molar-refractivity contribution in [2.75, 3.05) is 0 Å². The van der Waals surface area contributed by atoms with Gasteiger partial charge in [0.05, 0.1) is 6.04 Å². The van der Waals surface area contributed by atoms with Crippen LogP contribution in [0.25, 0.3) is 0 Å². The average Bonchev–Trinajstić information content (AvgIpc) is 2.42. The molecule has 2 rings (SSSR count). The third kappa shape index (κ3) is 3.30. The molecule has 0 aliphatic rings. The normalized spacial score (nSPS) is 12.2. The largest absolute Gasteiger partial charge is 0.321 e. The summed E-state index contributed by atoms with van der Waals surface area (Å²) in [6, 6.07) is 15.3. The van der Waals surface area contributed by atoms with Crippen molar-refractivity contribution in [3.05, 3.63) is 70.8 Å². The predicted molar refractivity (Wildman–Crippen MR) is 78.4 cm³/mol. The second-order valence-electron chi connectivity index (χ2n) is 4.98. The first-order chi connectivity index (χ1) is 9.08. The molecule has 0 fully saturated rings. The molecule has 0 bridgehead atoms. The lowest BCUT2D eigenvalue weighted by atomic mass is 9.94. The second-order valence-corrected chi connectivity index (χ2v) is 4.98. The molecule has 2 aromatic rings. The Morgan fingerprint density at radius 3 is 2.47 bits per heavy atom.